The van der Waals surface area contributed by atoms with Crippen molar-refractivity contribution in [1.29, 1.82) is 0 Å². The molecule has 0 aromatic carbocycles. The Bertz CT molecular complexity index is 233. The van der Waals surface area contributed by atoms with Crippen molar-refractivity contribution in [2.75, 3.05) is 13.2 Å². The van der Waals surface area contributed by atoms with Crippen LogP contribution in [0.25, 0.3) is 0 Å². The summed E-state index contributed by atoms with van der Waals surface area (Å²) in [5.74, 6) is 0.596. The maximum atomic E-state index is 11.9. The smallest absolute Gasteiger partial charge is 0.317 e. The number of carbonyl (C=O) groups excluding carboxylic acids is 1. The SMILES string of the molecule is CC(CCCO)NC(=O)N1CCC(C)C1C. The summed E-state index contributed by atoms with van der Waals surface area (Å²) in [7, 11) is 0. The van der Waals surface area contributed by atoms with Gasteiger partial charge in [-0.05, 0) is 39.0 Å². The van der Waals surface area contributed by atoms with E-state index in [1.165, 1.54) is 0 Å². The van der Waals surface area contributed by atoms with Gasteiger partial charge in [0.25, 0.3) is 0 Å². The van der Waals surface area contributed by atoms with Crippen LogP contribution in [0.4, 0.5) is 4.79 Å². The Hall–Kier alpha value is -0.770. The van der Waals surface area contributed by atoms with Gasteiger partial charge >= 0.3 is 6.03 Å². The second-order valence-corrected chi connectivity index (χ2v) is 4.92. The van der Waals surface area contributed by atoms with Gasteiger partial charge in [-0.15, -0.1) is 0 Å². The van der Waals surface area contributed by atoms with E-state index >= 15 is 0 Å². The molecule has 16 heavy (non-hydrogen) atoms. The van der Waals surface area contributed by atoms with E-state index in [0.29, 0.717) is 12.0 Å². The molecule has 1 aliphatic rings. The number of hydrogen-bond acceptors (Lipinski definition) is 2. The van der Waals surface area contributed by atoms with Gasteiger partial charge in [0.2, 0.25) is 0 Å². The lowest BCUT2D eigenvalue weighted by molar-refractivity contribution is 0.186. The highest BCUT2D eigenvalue weighted by Gasteiger charge is 2.31. The van der Waals surface area contributed by atoms with Crippen molar-refractivity contribution in [3.8, 4) is 0 Å². The third-order valence-electron chi connectivity index (χ3n) is 3.57. The van der Waals surface area contributed by atoms with Crippen molar-refractivity contribution >= 4 is 6.03 Å². The maximum Gasteiger partial charge on any atom is 0.317 e. The fraction of sp³-hybridized carbons (Fsp3) is 0.917. The monoisotopic (exact) mass is 228 g/mol. The zero-order chi connectivity index (χ0) is 12.1. The molecule has 1 aliphatic heterocycles. The second-order valence-electron chi connectivity index (χ2n) is 4.92. The number of nitrogens with one attached hydrogen (secondary N) is 1. The molecule has 1 rings (SSSR count). The minimum absolute atomic E-state index is 0.0438. The number of rotatable bonds is 4. The van der Waals surface area contributed by atoms with E-state index in [1.54, 1.807) is 0 Å². The van der Waals surface area contributed by atoms with Gasteiger partial charge in [0.1, 0.15) is 0 Å². The van der Waals surface area contributed by atoms with Crippen LogP contribution in [0.5, 0.6) is 0 Å². The van der Waals surface area contributed by atoms with Crippen molar-refractivity contribution in [3.63, 3.8) is 0 Å². The molecule has 3 unspecified atom stereocenters. The minimum atomic E-state index is 0.0438. The quantitative estimate of drug-likeness (QED) is 0.767. The maximum absolute atomic E-state index is 11.9. The summed E-state index contributed by atoms with van der Waals surface area (Å²) in [6.45, 7) is 7.33. The average Bonchev–Trinajstić information content (AvgIpc) is 2.57. The molecule has 0 saturated carbocycles. The summed E-state index contributed by atoms with van der Waals surface area (Å²) in [6.07, 6.45) is 2.67. The molecule has 2 amide bonds. The molecule has 1 fully saturated rings. The minimum Gasteiger partial charge on any atom is -0.396 e. The molecule has 3 atom stereocenters. The molecule has 0 aliphatic carbocycles. The fourth-order valence-electron chi connectivity index (χ4n) is 2.14. The van der Waals surface area contributed by atoms with Gasteiger partial charge in [0, 0.05) is 25.2 Å². The lowest BCUT2D eigenvalue weighted by atomic mass is 10.1. The van der Waals surface area contributed by atoms with Gasteiger partial charge in [-0.1, -0.05) is 6.92 Å². The first-order valence-electron chi connectivity index (χ1n) is 6.24. The van der Waals surface area contributed by atoms with E-state index in [4.69, 9.17) is 5.11 Å². The Labute approximate surface area is 98.0 Å². The number of aliphatic hydroxyl groups is 1. The number of carbonyl (C=O) groups is 1. The Morgan fingerprint density at radius 2 is 2.25 bits per heavy atom. The molecule has 1 heterocycles. The summed E-state index contributed by atoms with van der Waals surface area (Å²) >= 11 is 0. The summed E-state index contributed by atoms with van der Waals surface area (Å²) in [5, 5.41) is 11.7. The summed E-state index contributed by atoms with van der Waals surface area (Å²) in [5.41, 5.74) is 0. The number of likely N-dealkylation sites (tertiary alicyclic amines) is 1. The number of amides is 2. The molecule has 4 nitrogen and oxygen atoms in total. The van der Waals surface area contributed by atoms with E-state index in [2.05, 4.69) is 19.2 Å². The van der Waals surface area contributed by atoms with Crippen LogP contribution in [0.2, 0.25) is 0 Å². The van der Waals surface area contributed by atoms with Crippen molar-refractivity contribution in [2.24, 2.45) is 5.92 Å². The topological polar surface area (TPSA) is 52.6 Å². The Balaban J connectivity index is 2.34. The van der Waals surface area contributed by atoms with E-state index in [9.17, 15) is 4.79 Å². The highest BCUT2D eigenvalue weighted by molar-refractivity contribution is 5.75. The Morgan fingerprint density at radius 3 is 2.75 bits per heavy atom. The molecule has 0 radical (unpaired) electrons. The van der Waals surface area contributed by atoms with Crippen LogP contribution in [-0.4, -0.2) is 41.3 Å². The molecule has 2 N–H and O–H groups in total. The lowest BCUT2D eigenvalue weighted by Gasteiger charge is -2.25. The van der Waals surface area contributed by atoms with Crippen molar-refractivity contribution < 1.29 is 9.90 Å². The van der Waals surface area contributed by atoms with E-state index < -0.39 is 0 Å². The number of nitrogens with zero attached hydrogens (tertiary/aromatic N) is 1. The predicted molar refractivity (Wildman–Crippen MR) is 64.3 cm³/mol. The average molecular weight is 228 g/mol. The van der Waals surface area contributed by atoms with Gasteiger partial charge < -0.3 is 15.3 Å². The summed E-state index contributed by atoms with van der Waals surface area (Å²) in [4.78, 5) is 13.8. The summed E-state index contributed by atoms with van der Waals surface area (Å²) < 4.78 is 0. The van der Waals surface area contributed by atoms with E-state index in [-0.39, 0.29) is 18.7 Å². The molecule has 0 bridgehead atoms. The van der Waals surface area contributed by atoms with Crippen molar-refractivity contribution in [2.45, 2.75) is 52.1 Å². The van der Waals surface area contributed by atoms with Gasteiger partial charge in [0.05, 0.1) is 0 Å². The molecular weight excluding hydrogens is 204 g/mol. The fourth-order valence-corrected chi connectivity index (χ4v) is 2.14. The third kappa shape index (κ3) is 3.37. The first-order valence-corrected chi connectivity index (χ1v) is 6.24. The molecule has 0 aromatic heterocycles. The van der Waals surface area contributed by atoms with Gasteiger partial charge in [-0.25, -0.2) is 4.79 Å². The largest absolute Gasteiger partial charge is 0.396 e. The second kappa shape index (κ2) is 6.09. The highest BCUT2D eigenvalue weighted by atomic mass is 16.3. The zero-order valence-corrected chi connectivity index (χ0v) is 10.6. The van der Waals surface area contributed by atoms with E-state index in [1.807, 2.05) is 11.8 Å². The van der Waals surface area contributed by atoms with Crippen LogP contribution in [0, 0.1) is 5.92 Å². The first-order chi connectivity index (χ1) is 7.56. The molecule has 0 aromatic rings. The molecule has 4 heteroatoms. The van der Waals surface area contributed by atoms with Crippen LogP contribution in [0.3, 0.4) is 0 Å². The highest BCUT2D eigenvalue weighted by Crippen LogP contribution is 2.23. The summed E-state index contributed by atoms with van der Waals surface area (Å²) in [6, 6.07) is 0.523. The standard InChI is InChI=1S/C12H24N2O2/c1-9-6-7-14(11(9)3)12(16)13-10(2)5-4-8-15/h9-11,15H,4-8H2,1-3H3,(H,13,16). The van der Waals surface area contributed by atoms with E-state index in [0.717, 1.165) is 25.8 Å². The van der Waals surface area contributed by atoms with Crippen LogP contribution in [-0.2, 0) is 0 Å². The molecule has 0 spiro atoms. The number of hydrogen-bond donors (Lipinski definition) is 2. The van der Waals surface area contributed by atoms with Gasteiger partial charge in [0.15, 0.2) is 0 Å². The van der Waals surface area contributed by atoms with Crippen LogP contribution >= 0.6 is 0 Å². The van der Waals surface area contributed by atoms with Crippen molar-refractivity contribution in [3.05, 3.63) is 0 Å². The van der Waals surface area contributed by atoms with Crippen molar-refractivity contribution in [1.82, 2.24) is 10.2 Å². The van der Waals surface area contributed by atoms with Gasteiger partial charge in [-0.2, -0.15) is 0 Å². The Morgan fingerprint density at radius 1 is 1.56 bits per heavy atom. The zero-order valence-electron chi connectivity index (χ0n) is 10.6. The normalized spacial score (nSPS) is 26.9. The first kappa shape index (κ1) is 13.3. The Kier molecular flexibility index (Phi) is 5.06. The number of aliphatic hydroxyl groups excluding tert-OH is 1. The molecule has 94 valence electrons. The van der Waals surface area contributed by atoms with Gasteiger partial charge in [-0.3, -0.25) is 0 Å². The molecular formula is C12H24N2O2. The third-order valence-corrected chi connectivity index (χ3v) is 3.57. The van der Waals surface area contributed by atoms with Crippen LogP contribution in [0.1, 0.15) is 40.0 Å². The number of urea groups is 1. The van der Waals surface area contributed by atoms with Crippen LogP contribution in [0.15, 0.2) is 0 Å². The molecule has 1 saturated heterocycles. The lowest BCUT2D eigenvalue weighted by Crippen LogP contribution is -2.46. The predicted octanol–water partition coefficient (Wildman–Crippen LogP) is 1.59. The van der Waals surface area contributed by atoms with Crippen LogP contribution < -0.4 is 5.32 Å².